The van der Waals surface area contributed by atoms with Gasteiger partial charge in [0.2, 0.25) is 0 Å². The topological polar surface area (TPSA) is 67.9 Å². The van der Waals surface area contributed by atoms with E-state index in [2.05, 4.69) is 12.2 Å². The summed E-state index contributed by atoms with van der Waals surface area (Å²) in [4.78, 5) is 26.3. The Kier molecular flexibility index (Phi) is 6.16. The standard InChI is InChI=1S/C20H30N2O4/c1-6-16-12-22(18(24)25-13-15-10-8-7-9-11-15)14-20(16,5)21-17(23)26-19(2,3)4/h7-11,16H,6,12-14H2,1-5H3,(H,21,23)/t16-,20-/m1/s1. The van der Waals surface area contributed by atoms with Crippen LogP contribution in [0.25, 0.3) is 0 Å². The third kappa shape index (κ3) is 5.38. The molecular formula is C20H30N2O4. The second-order valence-electron chi connectivity index (χ2n) is 8.07. The van der Waals surface area contributed by atoms with Crippen LogP contribution in [0, 0.1) is 5.92 Å². The number of rotatable bonds is 4. The summed E-state index contributed by atoms with van der Waals surface area (Å²) in [6, 6.07) is 9.58. The summed E-state index contributed by atoms with van der Waals surface area (Å²) in [6.07, 6.45) is 0.0226. The van der Waals surface area contributed by atoms with Crippen molar-refractivity contribution < 1.29 is 19.1 Å². The van der Waals surface area contributed by atoms with Crippen molar-refractivity contribution in [2.75, 3.05) is 13.1 Å². The van der Waals surface area contributed by atoms with Crippen LogP contribution in [0.3, 0.4) is 0 Å². The Labute approximate surface area is 155 Å². The highest BCUT2D eigenvalue weighted by Gasteiger charge is 2.45. The lowest BCUT2D eigenvalue weighted by Crippen LogP contribution is -2.53. The van der Waals surface area contributed by atoms with Gasteiger partial charge in [0.15, 0.2) is 0 Å². The minimum Gasteiger partial charge on any atom is -0.445 e. The lowest BCUT2D eigenvalue weighted by Gasteiger charge is -2.32. The summed E-state index contributed by atoms with van der Waals surface area (Å²) < 4.78 is 10.8. The lowest BCUT2D eigenvalue weighted by atomic mass is 9.87. The van der Waals surface area contributed by atoms with Crippen LogP contribution in [-0.2, 0) is 16.1 Å². The van der Waals surface area contributed by atoms with Gasteiger partial charge < -0.3 is 19.7 Å². The van der Waals surface area contributed by atoms with Crippen molar-refractivity contribution in [3.05, 3.63) is 35.9 Å². The molecule has 0 radical (unpaired) electrons. The van der Waals surface area contributed by atoms with Gasteiger partial charge in [-0.2, -0.15) is 0 Å². The molecule has 0 aliphatic carbocycles. The number of hydrogen-bond donors (Lipinski definition) is 1. The summed E-state index contributed by atoms with van der Waals surface area (Å²) in [5.74, 6) is 0.138. The summed E-state index contributed by atoms with van der Waals surface area (Å²) in [5.41, 5.74) is -0.153. The third-order valence-corrected chi connectivity index (χ3v) is 4.60. The highest BCUT2D eigenvalue weighted by atomic mass is 16.6. The fraction of sp³-hybridized carbons (Fsp3) is 0.600. The van der Waals surface area contributed by atoms with Crippen LogP contribution in [0.4, 0.5) is 9.59 Å². The highest BCUT2D eigenvalue weighted by molar-refractivity contribution is 5.71. The summed E-state index contributed by atoms with van der Waals surface area (Å²) in [7, 11) is 0. The minimum atomic E-state index is -0.560. The van der Waals surface area contributed by atoms with E-state index in [4.69, 9.17) is 9.47 Å². The number of nitrogens with one attached hydrogen (secondary N) is 1. The van der Waals surface area contributed by atoms with Crippen molar-refractivity contribution in [3.63, 3.8) is 0 Å². The first-order chi connectivity index (χ1) is 12.1. The Morgan fingerprint density at radius 1 is 1.27 bits per heavy atom. The number of carbonyl (C=O) groups excluding carboxylic acids is 2. The Hall–Kier alpha value is -2.24. The molecule has 0 spiro atoms. The average molecular weight is 362 g/mol. The molecule has 1 N–H and O–H groups in total. The molecule has 0 unspecified atom stereocenters. The van der Waals surface area contributed by atoms with E-state index in [1.807, 2.05) is 58.0 Å². The first-order valence-corrected chi connectivity index (χ1v) is 9.10. The van der Waals surface area contributed by atoms with Crippen LogP contribution in [0.5, 0.6) is 0 Å². The third-order valence-electron chi connectivity index (χ3n) is 4.60. The first kappa shape index (κ1) is 20.1. The van der Waals surface area contributed by atoms with Crippen molar-refractivity contribution in [3.8, 4) is 0 Å². The maximum atomic E-state index is 12.4. The molecule has 1 aliphatic rings. The molecule has 1 aliphatic heterocycles. The zero-order valence-corrected chi connectivity index (χ0v) is 16.4. The molecule has 2 atom stereocenters. The Bertz CT molecular complexity index is 626. The first-order valence-electron chi connectivity index (χ1n) is 9.10. The molecule has 1 fully saturated rings. The van der Waals surface area contributed by atoms with Crippen molar-refractivity contribution >= 4 is 12.2 Å². The number of ether oxygens (including phenoxy) is 2. The van der Waals surface area contributed by atoms with Crippen molar-refractivity contribution in [2.24, 2.45) is 5.92 Å². The van der Waals surface area contributed by atoms with E-state index in [9.17, 15) is 9.59 Å². The van der Waals surface area contributed by atoms with E-state index in [0.717, 1.165) is 12.0 Å². The maximum Gasteiger partial charge on any atom is 0.410 e. The van der Waals surface area contributed by atoms with Gasteiger partial charge in [-0.1, -0.05) is 37.3 Å². The largest absolute Gasteiger partial charge is 0.445 e. The normalized spacial score (nSPS) is 22.8. The van der Waals surface area contributed by atoms with Gasteiger partial charge >= 0.3 is 12.2 Å². The second-order valence-corrected chi connectivity index (χ2v) is 8.07. The van der Waals surface area contributed by atoms with Gasteiger partial charge in [-0.25, -0.2) is 9.59 Å². The van der Waals surface area contributed by atoms with Crippen LogP contribution >= 0.6 is 0 Å². The molecule has 144 valence electrons. The van der Waals surface area contributed by atoms with Gasteiger partial charge in [0.1, 0.15) is 12.2 Å². The van der Waals surface area contributed by atoms with E-state index in [1.165, 1.54) is 0 Å². The van der Waals surface area contributed by atoms with Gasteiger partial charge in [-0.05, 0) is 39.7 Å². The average Bonchev–Trinajstić information content (AvgIpc) is 2.88. The molecule has 6 nitrogen and oxygen atoms in total. The molecule has 1 heterocycles. The zero-order valence-electron chi connectivity index (χ0n) is 16.4. The fourth-order valence-corrected chi connectivity index (χ4v) is 3.27. The molecule has 26 heavy (non-hydrogen) atoms. The maximum absolute atomic E-state index is 12.4. The predicted octanol–water partition coefficient (Wildman–Crippen LogP) is 3.95. The number of likely N-dealkylation sites (tertiary alicyclic amines) is 1. The Morgan fingerprint density at radius 3 is 2.50 bits per heavy atom. The van der Waals surface area contributed by atoms with Crippen LogP contribution in [0.15, 0.2) is 30.3 Å². The minimum absolute atomic E-state index is 0.138. The molecule has 2 amide bonds. The van der Waals surface area contributed by atoms with E-state index < -0.39 is 17.2 Å². The molecule has 0 saturated carbocycles. The van der Waals surface area contributed by atoms with Gasteiger partial charge in [-0.15, -0.1) is 0 Å². The zero-order chi connectivity index (χ0) is 19.4. The van der Waals surface area contributed by atoms with E-state index in [0.29, 0.717) is 13.1 Å². The van der Waals surface area contributed by atoms with E-state index in [1.54, 1.807) is 4.90 Å². The molecule has 1 aromatic rings. The summed E-state index contributed by atoms with van der Waals surface area (Å²) >= 11 is 0. The van der Waals surface area contributed by atoms with E-state index >= 15 is 0 Å². The van der Waals surface area contributed by atoms with Crippen LogP contribution in [0.1, 0.15) is 46.6 Å². The fourth-order valence-electron chi connectivity index (χ4n) is 3.27. The van der Waals surface area contributed by atoms with Crippen LogP contribution in [-0.4, -0.2) is 41.3 Å². The smallest absolute Gasteiger partial charge is 0.410 e. The number of carbonyl (C=O) groups is 2. The molecule has 2 rings (SSSR count). The second kappa shape index (κ2) is 7.98. The summed E-state index contributed by atoms with van der Waals surface area (Å²) in [5, 5.41) is 2.96. The molecule has 0 bridgehead atoms. The van der Waals surface area contributed by atoms with E-state index in [-0.39, 0.29) is 18.6 Å². The lowest BCUT2D eigenvalue weighted by molar-refractivity contribution is 0.0440. The Balaban J connectivity index is 1.96. The monoisotopic (exact) mass is 362 g/mol. The number of benzene rings is 1. The Morgan fingerprint density at radius 2 is 1.92 bits per heavy atom. The van der Waals surface area contributed by atoms with Crippen molar-refractivity contribution in [2.45, 2.75) is 58.8 Å². The molecule has 6 heteroatoms. The van der Waals surface area contributed by atoms with Gasteiger partial charge in [0.25, 0.3) is 0 Å². The molecule has 1 saturated heterocycles. The summed E-state index contributed by atoms with van der Waals surface area (Å²) in [6.45, 7) is 10.7. The van der Waals surface area contributed by atoms with Crippen LogP contribution in [0.2, 0.25) is 0 Å². The number of amides is 2. The number of hydrogen-bond acceptors (Lipinski definition) is 4. The van der Waals surface area contributed by atoms with Crippen molar-refractivity contribution in [1.29, 1.82) is 0 Å². The predicted molar refractivity (Wildman–Crippen MR) is 99.8 cm³/mol. The van der Waals surface area contributed by atoms with Gasteiger partial charge in [0, 0.05) is 19.0 Å². The number of alkyl carbamates (subject to hydrolysis) is 1. The number of nitrogens with zero attached hydrogens (tertiary/aromatic N) is 1. The SMILES string of the molecule is CC[C@@H]1CN(C(=O)OCc2ccccc2)C[C@@]1(C)NC(=O)OC(C)(C)C. The molecular weight excluding hydrogens is 332 g/mol. The van der Waals surface area contributed by atoms with Gasteiger partial charge in [-0.3, -0.25) is 0 Å². The molecule has 1 aromatic carbocycles. The quantitative estimate of drug-likeness (QED) is 0.881. The van der Waals surface area contributed by atoms with Crippen LogP contribution < -0.4 is 5.32 Å². The highest BCUT2D eigenvalue weighted by Crippen LogP contribution is 2.31. The molecule has 0 aromatic heterocycles. The van der Waals surface area contributed by atoms with Crippen molar-refractivity contribution in [1.82, 2.24) is 10.2 Å². The van der Waals surface area contributed by atoms with Gasteiger partial charge in [0.05, 0.1) is 5.54 Å².